The number of hydrogen-bond acceptors (Lipinski definition) is 5. The van der Waals surface area contributed by atoms with Crippen LogP contribution in [0.2, 0.25) is 0 Å². The van der Waals surface area contributed by atoms with Gasteiger partial charge in [0.1, 0.15) is 5.82 Å². The number of nitro groups is 1. The van der Waals surface area contributed by atoms with Crippen LogP contribution in [0.3, 0.4) is 0 Å². The maximum absolute atomic E-state index is 13.1. The standard InChI is InChI=1S/C20H22FN3O4/c1-2-28-19-14-17(8-9-18(19)24(26)27)22-10-3-11-23(13-12-22)20(25)15-4-6-16(21)7-5-15/h4-9,14H,2-3,10-13H2,1H3. The molecule has 0 aromatic heterocycles. The van der Waals surface area contributed by atoms with Crippen LogP contribution in [0.15, 0.2) is 42.5 Å². The van der Waals surface area contributed by atoms with E-state index in [1.54, 1.807) is 24.0 Å². The van der Waals surface area contributed by atoms with Crippen molar-refractivity contribution >= 4 is 17.3 Å². The van der Waals surface area contributed by atoms with Crippen molar-refractivity contribution in [1.29, 1.82) is 0 Å². The van der Waals surface area contributed by atoms with E-state index < -0.39 is 4.92 Å². The van der Waals surface area contributed by atoms with E-state index in [2.05, 4.69) is 4.90 Å². The van der Waals surface area contributed by atoms with Crippen molar-refractivity contribution in [1.82, 2.24) is 4.90 Å². The Bertz CT molecular complexity index is 857. The van der Waals surface area contributed by atoms with Gasteiger partial charge >= 0.3 is 5.69 Å². The normalized spacial score (nSPS) is 14.5. The van der Waals surface area contributed by atoms with Crippen LogP contribution in [0.25, 0.3) is 0 Å². The lowest BCUT2D eigenvalue weighted by Gasteiger charge is -2.24. The number of hydrogen-bond donors (Lipinski definition) is 0. The molecule has 3 rings (SSSR count). The Morgan fingerprint density at radius 1 is 1.14 bits per heavy atom. The zero-order valence-corrected chi connectivity index (χ0v) is 15.6. The SMILES string of the molecule is CCOc1cc(N2CCCN(C(=O)c3ccc(F)cc3)CC2)ccc1[N+](=O)[O-]. The third-order valence-corrected chi connectivity index (χ3v) is 4.68. The number of nitro benzene ring substituents is 1. The maximum atomic E-state index is 13.1. The zero-order chi connectivity index (χ0) is 20.1. The summed E-state index contributed by atoms with van der Waals surface area (Å²) in [4.78, 5) is 27.2. The average molecular weight is 387 g/mol. The number of benzene rings is 2. The Balaban J connectivity index is 1.72. The fourth-order valence-corrected chi connectivity index (χ4v) is 3.28. The first-order chi connectivity index (χ1) is 13.5. The number of rotatable bonds is 5. The monoisotopic (exact) mass is 387 g/mol. The quantitative estimate of drug-likeness (QED) is 0.580. The van der Waals surface area contributed by atoms with Crippen LogP contribution in [-0.2, 0) is 0 Å². The van der Waals surface area contributed by atoms with Gasteiger partial charge in [-0.3, -0.25) is 14.9 Å². The number of carbonyl (C=O) groups excluding carboxylic acids is 1. The summed E-state index contributed by atoms with van der Waals surface area (Å²) < 4.78 is 18.5. The van der Waals surface area contributed by atoms with E-state index in [1.165, 1.54) is 30.3 Å². The van der Waals surface area contributed by atoms with E-state index in [-0.39, 0.29) is 23.2 Å². The lowest BCUT2D eigenvalue weighted by Crippen LogP contribution is -2.35. The molecule has 0 bridgehead atoms. The molecule has 0 aliphatic carbocycles. The average Bonchev–Trinajstić information content (AvgIpc) is 2.94. The summed E-state index contributed by atoms with van der Waals surface area (Å²) in [5.41, 5.74) is 1.22. The summed E-state index contributed by atoms with van der Waals surface area (Å²) in [7, 11) is 0. The van der Waals surface area contributed by atoms with Gasteiger partial charge < -0.3 is 14.5 Å². The molecule has 0 N–H and O–H groups in total. The molecular formula is C20H22FN3O4. The fourth-order valence-electron chi connectivity index (χ4n) is 3.28. The molecule has 1 fully saturated rings. The van der Waals surface area contributed by atoms with Gasteiger partial charge in [-0.25, -0.2) is 4.39 Å². The summed E-state index contributed by atoms with van der Waals surface area (Å²) in [5.74, 6) is -0.254. The van der Waals surface area contributed by atoms with E-state index in [0.29, 0.717) is 31.8 Å². The molecule has 0 unspecified atom stereocenters. The minimum Gasteiger partial charge on any atom is -0.487 e. The molecule has 1 saturated heterocycles. The lowest BCUT2D eigenvalue weighted by atomic mass is 10.2. The van der Waals surface area contributed by atoms with Crippen LogP contribution < -0.4 is 9.64 Å². The Hall–Kier alpha value is -3.16. The van der Waals surface area contributed by atoms with Gasteiger partial charge in [0.25, 0.3) is 5.91 Å². The van der Waals surface area contributed by atoms with Gasteiger partial charge in [0.2, 0.25) is 0 Å². The van der Waals surface area contributed by atoms with Crippen molar-refractivity contribution < 1.29 is 18.8 Å². The fraction of sp³-hybridized carbons (Fsp3) is 0.350. The van der Waals surface area contributed by atoms with Crippen molar-refractivity contribution in [2.45, 2.75) is 13.3 Å². The van der Waals surface area contributed by atoms with Crippen LogP contribution in [-0.4, -0.2) is 48.5 Å². The highest BCUT2D eigenvalue weighted by Gasteiger charge is 2.22. The summed E-state index contributed by atoms with van der Waals surface area (Å²) in [6, 6.07) is 10.4. The van der Waals surface area contributed by atoms with Gasteiger partial charge in [-0.1, -0.05) is 0 Å². The highest BCUT2D eigenvalue weighted by atomic mass is 19.1. The first-order valence-corrected chi connectivity index (χ1v) is 9.20. The molecule has 1 amide bonds. The van der Waals surface area contributed by atoms with Crippen LogP contribution in [0.5, 0.6) is 5.75 Å². The molecule has 0 radical (unpaired) electrons. The Morgan fingerprint density at radius 3 is 2.57 bits per heavy atom. The smallest absolute Gasteiger partial charge is 0.311 e. The number of nitrogens with zero attached hydrogens (tertiary/aromatic N) is 3. The second kappa shape index (κ2) is 8.69. The van der Waals surface area contributed by atoms with E-state index in [4.69, 9.17) is 4.74 Å². The van der Waals surface area contributed by atoms with Gasteiger partial charge in [0, 0.05) is 49.6 Å². The largest absolute Gasteiger partial charge is 0.487 e. The lowest BCUT2D eigenvalue weighted by molar-refractivity contribution is -0.385. The summed E-state index contributed by atoms with van der Waals surface area (Å²) in [6.07, 6.45) is 0.758. The third-order valence-electron chi connectivity index (χ3n) is 4.68. The van der Waals surface area contributed by atoms with E-state index >= 15 is 0 Å². The number of amides is 1. The minimum atomic E-state index is -0.458. The van der Waals surface area contributed by atoms with Gasteiger partial charge in [-0.05, 0) is 43.7 Å². The van der Waals surface area contributed by atoms with Crippen molar-refractivity contribution in [3.8, 4) is 5.75 Å². The maximum Gasteiger partial charge on any atom is 0.311 e. The highest BCUT2D eigenvalue weighted by Crippen LogP contribution is 2.32. The third kappa shape index (κ3) is 4.39. The van der Waals surface area contributed by atoms with Crippen LogP contribution in [0.1, 0.15) is 23.7 Å². The predicted octanol–water partition coefficient (Wildman–Crippen LogP) is 3.49. The number of halogens is 1. The molecule has 0 spiro atoms. The Kier molecular flexibility index (Phi) is 6.08. The van der Waals surface area contributed by atoms with E-state index in [1.807, 2.05) is 0 Å². The summed E-state index contributed by atoms with van der Waals surface area (Å²) in [6.45, 7) is 4.54. The highest BCUT2D eigenvalue weighted by molar-refractivity contribution is 5.94. The number of anilines is 1. The predicted molar refractivity (Wildman–Crippen MR) is 103 cm³/mol. The molecule has 2 aromatic rings. The molecule has 1 aliphatic rings. The van der Waals surface area contributed by atoms with Crippen molar-refractivity contribution in [3.05, 3.63) is 64.0 Å². The van der Waals surface area contributed by atoms with Gasteiger partial charge in [-0.15, -0.1) is 0 Å². The number of ether oxygens (including phenoxy) is 1. The van der Waals surface area contributed by atoms with Gasteiger partial charge in [0.05, 0.1) is 11.5 Å². The molecule has 0 atom stereocenters. The summed E-state index contributed by atoms with van der Waals surface area (Å²) >= 11 is 0. The second-order valence-electron chi connectivity index (χ2n) is 6.48. The molecular weight excluding hydrogens is 365 g/mol. The number of carbonyl (C=O) groups is 1. The van der Waals surface area contributed by atoms with E-state index in [9.17, 15) is 19.3 Å². The molecule has 8 heteroatoms. The van der Waals surface area contributed by atoms with Crippen molar-refractivity contribution in [2.75, 3.05) is 37.7 Å². The molecule has 7 nitrogen and oxygen atoms in total. The first kappa shape index (κ1) is 19.6. The molecule has 148 valence electrons. The second-order valence-corrected chi connectivity index (χ2v) is 6.48. The molecule has 0 saturated carbocycles. The van der Waals surface area contributed by atoms with Crippen molar-refractivity contribution in [2.24, 2.45) is 0 Å². The van der Waals surface area contributed by atoms with Crippen molar-refractivity contribution in [3.63, 3.8) is 0 Å². The van der Waals surface area contributed by atoms with Crippen LogP contribution in [0.4, 0.5) is 15.8 Å². The molecule has 28 heavy (non-hydrogen) atoms. The Labute approximate surface area is 162 Å². The minimum absolute atomic E-state index is 0.0615. The molecule has 1 aliphatic heterocycles. The Morgan fingerprint density at radius 2 is 1.89 bits per heavy atom. The molecule has 1 heterocycles. The van der Waals surface area contributed by atoms with Crippen LogP contribution in [0, 0.1) is 15.9 Å². The topological polar surface area (TPSA) is 75.9 Å². The zero-order valence-electron chi connectivity index (χ0n) is 15.6. The first-order valence-electron chi connectivity index (χ1n) is 9.20. The van der Waals surface area contributed by atoms with Gasteiger partial charge in [-0.2, -0.15) is 0 Å². The van der Waals surface area contributed by atoms with Crippen LogP contribution >= 0.6 is 0 Å². The summed E-state index contributed by atoms with van der Waals surface area (Å²) in [5, 5.41) is 11.2. The van der Waals surface area contributed by atoms with Gasteiger partial charge in [0.15, 0.2) is 5.75 Å². The van der Waals surface area contributed by atoms with E-state index in [0.717, 1.165) is 18.7 Å². The molecule has 2 aromatic carbocycles.